The van der Waals surface area contributed by atoms with Crippen LogP contribution in [0.4, 0.5) is 0 Å². The zero-order valence-corrected chi connectivity index (χ0v) is 20.2. The SMILES string of the molecule is COc1ccc(-c2noc(CN3CCN(C(=O)C45CC6CC(CC(C6)C4)C5)CC3)n2)cc1OC. The molecule has 34 heavy (non-hydrogen) atoms. The van der Waals surface area contributed by atoms with E-state index in [1.54, 1.807) is 14.2 Å². The number of nitrogens with zero attached hydrogens (tertiary/aromatic N) is 4. The molecule has 7 rings (SSSR count). The van der Waals surface area contributed by atoms with E-state index in [4.69, 9.17) is 14.0 Å². The minimum absolute atomic E-state index is 0.0439. The summed E-state index contributed by atoms with van der Waals surface area (Å²) in [6.07, 6.45) is 7.53. The number of aromatic nitrogens is 2. The maximum atomic E-state index is 13.6. The Bertz CT molecular complexity index is 1020. The molecule has 1 saturated heterocycles. The second-order valence-electron chi connectivity index (χ2n) is 10.8. The number of rotatable bonds is 6. The molecule has 8 nitrogen and oxygen atoms in total. The van der Waals surface area contributed by atoms with Crippen LogP contribution in [0.3, 0.4) is 0 Å². The number of hydrogen-bond donors (Lipinski definition) is 0. The minimum Gasteiger partial charge on any atom is -0.493 e. The molecule has 4 saturated carbocycles. The number of hydrogen-bond acceptors (Lipinski definition) is 7. The highest BCUT2D eigenvalue weighted by Gasteiger charge is 2.55. The zero-order valence-electron chi connectivity index (χ0n) is 20.2. The Morgan fingerprint density at radius 2 is 1.65 bits per heavy atom. The Morgan fingerprint density at radius 1 is 1.00 bits per heavy atom. The van der Waals surface area contributed by atoms with Gasteiger partial charge in [-0.1, -0.05) is 5.16 Å². The van der Waals surface area contributed by atoms with Gasteiger partial charge in [-0.25, -0.2) is 0 Å². The van der Waals surface area contributed by atoms with E-state index in [1.165, 1.54) is 19.3 Å². The van der Waals surface area contributed by atoms with E-state index < -0.39 is 0 Å². The topological polar surface area (TPSA) is 80.9 Å². The van der Waals surface area contributed by atoms with Gasteiger partial charge in [0.1, 0.15) is 0 Å². The number of piperazine rings is 1. The summed E-state index contributed by atoms with van der Waals surface area (Å²) >= 11 is 0. The first-order valence-electron chi connectivity index (χ1n) is 12.6. The summed E-state index contributed by atoms with van der Waals surface area (Å²) in [6.45, 7) is 3.85. The van der Waals surface area contributed by atoms with Crippen LogP contribution >= 0.6 is 0 Å². The first-order valence-corrected chi connectivity index (χ1v) is 12.6. The van der Waals surface area contributed by atoms with Crippen molar-refractivity contribution in [2.45, 2.75) is 45.1 Å². The van der Waals surface area contributed by atoms with Crippen LogP contribution < -0.4 is 9.47 Å². The van der Waals surface area contributed by atoms with Gasteiger partial charge in [0.2, 0.25) is 17.6 Å². The van der Waals surface area contributed by atoms with Crippen LogP contribution in [0.1, 0.15) is 44.4 Å². The summed E-state index contributed by atoms with van der Waals surface area (Å²) < 4.78 is 16.2. The van der Waals surface area contributed by atoms with E-state index in [-0.39, 0.29) is 5.41 Å². The molecular formula is C26H34N4O4. The second-order valence-corrected chi connectivity index (χ2v) is 10.8. The molecule has 182 valence electrons. The largest absolute Gasteiger partial charge is 0.493 e. The maximum absolute atomic E-state index is 13.6. The summed E-state index contributed by atoms with van der Waals surface area (Å²) in [5.74, 6) is 5.26. The number of carbonyl (C=O) groups is 1. The molecule has 4 bridgehead atoms. The average Bonchev–Trinajstić information content (AvgIpc) is 3.31. The Hall–Kier alpha value is -2.61. The van der Waals surface area contributed by atoms with Gasteiger partial charge >= 0.3 is 0 Å². The summed E-state index contributed by atoms with van der Waals surface area (Å²) in [6, 6.07) is 5.58. The fraction of sp³-hybridized carbons (Fsp3) is 0.654. The summed E-state index contributed by atoms with van der Waals surface area (Å²) in [7, 11) is 3.22. The smallest absolute Gasteiger partial charge is 0.241 e. The zero-order chi connectivity index (χ0) is 23.3. The molecule has 1 aromatic heterocycles. The van der Waals surface area contributed by atoms with Crippen molar-refractivity contribution in [2.75, 3.05) is 40.4 Å². The van der Waals surface area contributed by atoms with Gasteiger partial charge in [-0.2, -0.15) is 4.98 Å². The van der Waals surface area contributed by atoms with Crippen molar-refractivity contribution in [1.29, 1.82) is 0 Å². The molecule has 4 aliphatic carbocycles. The van der Waals surface area contributed by atoms with Gasteiger partial charge in [-0.05, 0) is 74.5 Å². The minimum atomic E-state index is -0.0439. The van der Waals surface area contributed by atoms with Crippen LogP contribution in [0.2, 0.25) is 0 Å². The second kappa shape index (κ2) is 8.56. The van der Waals surface area contributed by atoms with Gasteiger partial charge in [0, 0.05) is 31.7 Å². The van der Waals surface area contributed by atoms with Crippen molar-refractivity contribution in [3.8, 4) is 22.9 Å². The fourth-order valence-electron chi connectivity index (χ4n) is 7.42. The molecule has 2 aromatic rings. The van der Waals surface area contributed by atoms with Gasteiger partial charge in [0.15, 0.2) is 11.5 Å². The van der Waals surface area contributed by atoms with Crippen LogP contribution in [0.25, 0.3) is 11.4 Å². The van der Waals surface area contributed by atoms with Crippen molar-refractivity contribution in [3.63, 3.8) is 0 Å². The van der Waals surface area contributed by atoms with Gasteiger partial charge < -0.3 is 18.9 Å². The first kappa shape index (κ1) is 21.9. The van der Waals surface area contributed by atoms with Gasteiger partial charge in [0.25, 0.3) is 0 Å². The van der Waals surface area contributed by atoms with Gasteiger partial charge in [-0.3, -0.25) is 9.69 Å². The third-order valence-electron chi connectivity index (χ3n) is 8.62. The molecular weight excluding hydrogens is 432 g/mol. The average molecular weight is 467 g/mol. The van der Waals surface area contributed by atoms with Crippen molar-refractivity contribution in [1.82, 2.24) is 19.9 Å². The lowest BCUT2D eigenvalue weighted by Gasteiger charge is -2.57. The molecule has 0 atom stereocenters. The van der Waals surface area contributed by atoms with E-state index in [2.05, 4.69) is 19.9 Å². The molecule has 0 unspecified atom stereocenters. The predicted octanol–water partition coefficient (Wildman–Crippen LogP) is 3.61. The van der Waals surface area contributed by atoms with E-state index in [9.17, 15) is 4.79 Å². The van der Waals surface area contributed by atoms with Crippen LogP contribution in [0.5, 0.6) is 11.5 Å². The molecule has 1 aliphatic heterocycles. The molecule has 0 spiro atoms. The van der Waals surface area contributed by atoms with Crippen molar-refractivity contribution >= 4 is 5.91 Å². The third kappa shape index (κ3) is 3.85. The highest BCUT2D eigenvalue weighted by molar-refractivity contribution is 5.83. The lowest BCUT2D eigenvalue weighted by atomic mass is 9.49. The normalized spacial score (nSPS) is 30.5. The van der Waals surface area contributed by atoms with E-state index in [0.717, 1.165) is 68.8 Å². The number of benzene rings is 1. The number of amides is 1. The van der Waals surface area contributed by atoms with Crippen LogP contribution in [-0.4, -0.2) is 66.2 Å². The Morgan fingerprint density at radius 3 is 2.26 bits per heavy atom. The third-order valence-corrected chi connectivity index (χ3v) is 8.62. The number of methoxy groups -OCH3 is 2. The van der Waals surface area contributed by atoms with Crippen molar-refractivity contribution in [3.05, 3.63) is 24.1 Å². The van der Waals surface area contributed by atoms with Crippen LogP contribution in [-0.2, 0) is 11.3 Å². The molecule has 0 radical (unpaired) electrons. The number of carbonyl (C=O) groups excluding carboxylic acids is 1. The molecule has 5 fully saturated rings. The molecule has 2 heterocycles. The van der Waals surface area contributed by atoms with E-state index >= 15 is 0 Å². The highest BCUT2D eigenvalue weighted by Crippen LogP contribution is 2.60. The van der Waals surface area contributed by atoms with Gasteiger partial charge in [-0.15, -0.1) is 0 Å². The van der Waals surface area contributed by atoms with Crippen molar-refractivity contribution < 1.29 is 18.8 Å². The Labute approximate surface area is 200 Å². The van der Waals surface area contributed by atoms with Crippen molar-refractivity contribution in [2.24, 2.45) is 23.2 Å². The molecule has 5 aliphatic rings. The lowest BCUT2D eigenvalue weighted by Crippen LogP contribution is -2.58. The molecule has 8 heteroatoms. The van der Waals surface area contributed by atoms with Crippen LogP contribution in [0, 0.1) is 23.2 Å². The lowest BCUT2D eigenvalue weighted by molar-refractivity contribution is -0.159. The van der Waals surface area contributed by atoms with E-state index in [0.29, 0.717) is 35.7 Å². The fourth-order valence-corrected chi connectivity index (χ4v) is 7.42. The summed E-state index contributed by atoms with van der Waals surface area (Å²) in [5, 5.41) is 4.16. The maximum Gasteiger partial charge on any atom is 0.241 e. The first-order chi connectivity index (χ1) is 16.5. The summed E-state index contributed by atoms with van der Waals surface area (Å²) in [5.41, 5.74) is 0.774. The molecule has 1 amide bonds. The standard InChI is InChI=1S/C26H34N4O4/c1-32-21-4-3-20(12-22(21)33-2)24-27-23(34-28-24)16-29-5-7-30(8-6-29)25(31)26-13-17-9-18(14-26)11-19(10-17)15-26/h3-4,12,17-19H,5-11,13-16H2,1-2H3. The monoisotopic (exact) mass is 466 g/mol. The Balaban J connectivity index is 1.06. The quantitative estimate of drug-likeness (QED) is 0.643. The highest BCUT2D eigenvalue weighted by atomic mass is 16.5. The Kier molecular flexibility index (Phi) is 5.51. The van der Waals surface area contributed by atoms with Gasteiger partial charge in [0.05, 0.1) is 26.2 Å². The molecule has 0 N–H and O–H groups in total. The number of ether oxygens (including phenoxy) is 2. The predicted molar refractivity (Wildman–Crippen MR) is 125 cm³/mol. The van der Waals surface area contributed by atoms with Crippen LogP contribution in [0.15, 0.2) is 22.7 Å². The van der Waals surface area contributed by atoms with E-state index in [1.807, 2.05) is 18.2 Å². The summed E-state index contributed by atoms with van der Waals surface area (Å²) in [4.78, 5) is 22.7. The molecule has 1 aromatic carbocycles.